The van der Waals surface area contributed by atoms with Crippen molar-refractivity contribution in [3.05, 3.63) is 28.8 Å². The molecule has 1 aromatic rings. The van der Waals surface area contributed by atoms with Gasteiger partial charge in [0.2, 0.25) is 11.8 Å². The number of hydrogen-bond acceptors (Lipinski definition) is 3. The fourth-order valence-corrected chi connectivity index (χ4v) is 2.73. The summed E-state index contributed by atoms with van der Waals surface area (Å²) in [6.07, 6.45) is 2.41. The Bertz CT molecular complexity index is 571. The fraction of sp³-hybridized carbons (Fsp3) is 0.529. The number of ether oxygens (including phenoxy) is 1. The van der Waals surface area contributed by atoms with Gasteiger partial charge in [0.1, 0.15) is 0 Å². The predicted molar refractivity (Wildman–Crippen MR) is 90.8 cm³/mol. The van der Waals surface area contributed by atoms with Gasteiger partial charge in [-0.15, -0.1) is 0 Å². The van der Waals surface area contributed by atoms with E-state index < -0.39 is 0 Å². The third-order valence-electron chi connectivity index (χ3n) is 3.96. The van der Waals surface area contributed by atoms with E-state index in [1.807, 2.05) is 19.1 Å². The lowest BCUT2D eigenvalue weighted by atomic mass is 10.2. The third-order valence-corrected chi connectivity index (χ3v) is 4.37. The molecule has 0 saturated carbocycles. The quantitative estimate of drug-likeness (QED) is 0.867. The number of amides is 2. The maximum Gasteiger partial charge on any atom is 0.223 e. The summed E-state index contributed by atoms with van der Waals surface area (Å²) in [6, 6.07) is 5.46. The van der Waals surface area contributed by atoms with Crippen LogP contribution in [0.2, 0.25) is 5.02 Å². The molecule has 1 aromatic carbocycles. The highest BCUT2D eigenvalue weighted by Crippen LogP contribution is 2.23. The van der Waals surface area contributed by atoms with Crippen LogP contribution in [0.15, 0.2) is 18.2 Å². The van der Waals surface area contributed by atoms with Crippen molar-refractivity contribution in [1.82, 2.24) is 5.32 Å². The molecule has 1 fully saturated rings. The largest absolute Gasteiger partial charge is 0.376 e. The number of nitrogens with zero attached hydrogens (tertiary/aromatic N) is 1. The van der Waals surface area contributed by atoms with E-state index in [1.54, 1.807) is 11.0 Å². The van der Waals surface area contributed by atoms with Crippen LogP contribution in [0.3, 0.4) is 0 Å². The summed E-state index contributed by atoms with van der Waals surface area (Å²) in [5.41, 5.74) is 1.66. The molecule has 1 N–H and O–H groups in total. The monoisotopic (exact) mass is 338 g/mol. The van der Waals surface area contributed by atoms with E-state index in [2.05, 4.69) is 5.32 Å². The third kappa shape index (κ3) is 5.22. The maximum absolute atomic E-state index is 11.9. The molecule has 5 nitrogen and oxygen atoms in total. The van der Waals surface area contributed by atoms with Gasteiger partial charge in [-0.05, 0) is 37.5 Å². The van der Waals surface area contributed by atoms with Gasteiger partial charge in [0.15, 0.2) is 0 Å². The second kappa shape index (κ2) is 8.31. The molecule has 0 radical (unpaired) electrons. The summed E-state index contributed by atoms with van der Waals surface area (Å²) in [5, 5.41) is 3.47. The number of hydrogen-bond donors (Lipinski definition) is 1. The summed E-state index contributed by atoms with van der Waals surface area (Å²) in [4.78, 5) is 25.4. The molecular formula is C17H23ClN2O3. The van der Waals surface area contributed by atoms with Gasteiger partial charge in [-0.25, -0.2) is 0 Å². The maximum atomic E-state index is 11.9. The highest BCUT2D eigenvalue weighted by atomic mass is 35.5. The van der Waals surface area contributed by atoms with E-state index in [-0.39, 0.29) is 24.3 Å². The van der Waals surface area contributed by atoms with Crippen LogP contribution >= 0.6 is 11.6 Å². The molecule has 0 bridgehead atoms. The molecule has 1 atom stereocenters. The van der Waals surface area contributed by atoms with Gasteiger partial charge in [-0.1, -0.05) is 17.7 Å². The zero-order valence-corrected chi connectivity index (χ0v) is 14.4. The van der Waals surface area contributed by atoms with Crippen molar-refractivity contribution in [3.8, 4) is 0 Å². The van der Waals surface area contributed by atoms with E-state index in [9.17, 15) is 9.59 Å². The van der Waals surface area contributed by atoms with Gasteiger partial charge in [-0.3, -0.25) is 9.59 Å². The Balaban J connectivity index is 1.87. The Morgan fingerprint density at radius 3 is 2.83 bits per heavy atom. The Morgan fingerprint density at radius 1 is 1.43 bits per heavy atom. The zero-order valence-electron chi connectivity index (χ0n) is 13.6. The van der Waals surface area contributed by atoms with Gasteiger partial charge in [-0.2, -0.15) is 0 Å². The Morgan fingerprint density at radius 2 is 2.22 bits per heavy atom. The minimum Gasteiger partial charge on any atom is -0.376 e. The molecule has 2 rings (SSSR count). The van der Waals surface area contributed by atoms with Crippen molar-refractivity contribution < 1.29 is 14.3 Å². The minimum absolute atomic E-state index is 0.0787. The van der Waals surface area contributed by atoms with E-state index in [4.69, 9.17) is 16.3 Å². The number of rotatable bonds is 6. The highest BCUT2D eigenvalue weighted by Gasteiger charge is 2.17. The van der Waals surface area contributed by atoms with Gasteiger partial charge in [0.25, 0.3) is 0 Å². The average molecular weight is 339 g/mol. The highest BCUT2D eigenvalue weighted by molar-refractivity contribution is 6.31. The van der Waals surface area contributed by atoms with Crippen molar-refractivity contribution in [2.45, 2.75) is 39.2 Å². The van der Waals surface area contributed by atoms with Gasteiger partial charge < -0.3 is 15.0 Å². The number of aryl methyl sites for hydroxylation is 1. The van der Waals surface area contributed by atoms with Crippen LogP contribution in [0.4, 0.5) is 5.69 Å². The molecule has 1 heterocycles. The van der Waals surface area contributed by atoms with Crippen molar-refractivity contribution in [1.29, 1.82) is 0 Å². The van der Waals surface area contributed by atoms with Crippen LogP contribution in [0.1, 0.15) is 31.7 Å². The fourth-order valence-electron chi connectivity index (χ4n) is 2.55. The lowest BCUT2D eigenvalue weighted by molar-refractivity contribution is -0.121. The topological polar surface area (TPSA) is 58.6 Å². The van der Waals surface area contributed by atoms with Crippen molar-refractivity contribution in [2.24, 2.45) is 0 Å². The lowest BCUT2D eigenvalue weighted by Gasteiger charge is -2.22. The van der Waals surface area contributed by atoms with Crippen LogP contribution in [-0.2, 0) is 14.3 Å². The summed E-state index contributed by atoms with van der Waals surface area (Å²) < 4.78 is 5.47. The smallest absolute Gasteiger partial charge is 0.223 e. The zero-order chi connectivity index (χ0) is 16.8. The van der Waals surface area contributed by atoms with Crippen molar-refractivity contribution >= 4 is 29.1 Å². The van der Waals surface area contributed by atoms with E-state index in [1.165, 1.54) is 6.92 Å². The second-order valence-corrected chi connectivity index (χ2v) is 6.20. The normalized spacial score (nSPS) is 17.1. The molecule has 23 heavy (non-hydrogen) atoms. The molecule has 0 spiro atoms. The van der Waals surface area contributed by atoms with Gasteiger partial charge >= 0.3 is 0 Å². The van der Waals surface area contributed by atoms with E-state index in [0.29, 0.717) is 23.8 Å². The molecule has 6 heteroatoms. The summed E-state index contributed by atoms with van der Waals surface area (Å²) >= 11 is 6.12. The number of carbonyl (C=O) groups is 2. The van der Waals surface area contributed by atoms with Gasteiger partial charge in [0.05, 0.1) is 6.10 Å². The average Bonchev–Trinajstić information content (AvgIpc) is 3.02. The first-order chi connectivity index (χ1) is 11.0. The SMILES string of the molecule is CC(=O)N(CCC(=O)NCC1CCCO1)c1ccc(C)c(Cl)c1. The van der Waals surface area contributed by atoms with Crippen LogP contribution in [-0.4, -0.2) is 37.6 Å². The van der Waals surface area contributed by atoms with Gasteiger partial charge in [0, 0.05) is 43.8 Å². The number of anilines is 1. The molecule has 1 aliphatic rings. The number of halogens is 1. The van der Waals surface area contributed by atoms with Crippen LogP contribution in [0, 0.1) is 6.92 Å². The second-order valence-electron chi connectivity index (χ2n) is 5.79. The van der Waals surface area contributed by atoms with Crippen LogP contribution < -0.4 is 10.2 Å². The first kappa shape index (κ1) is 17.8. The number of nitrogens with one attached hydrogen (secondary N) is 1. The summed E-state index contributed by atoms with van der Waals surface area (Å²) in [6.45, 7) is 5.02. The first-order valence-corrected chi connectivity index (χ1v) is 8.27. The summed E-state index contributed by atoms with van der Waals surface area (Å²) in [5.74, 6) is -0.193. The Hall–Kier alpha value is -1.59. The molecule has 1 saturated heterocycles. The first-order valence-electron chi connectivity index (χ1n) is 7.90. The van der Waals surface area contributed by atoms with Crippen molar-refractivity contribution in [2.75, 3.05) is 24.6 Å². The molecule has 2 amide bonds. The molecule has 0 aromatic heterocycles. The van der Waals surface area contributed by atoms with E-state index in [0.717, 1.165) is 25.0 Å². The molecule has 0 aliphatic carbocycles. The number of carbonyl (C=O) groups excluding carboxylic acids is 2. The number of benzene rings is 1. The Labute approximate surface area is 141 Å². The van der Waals surface area contributed by atoms with E-state index >= 15 is 0 Å². The molecular weight excluding hydrogens is 316 g/mol. The Kier molecular flexibility index (Phi) is 6.42. The van der Waals surface area contributed by atoms with Crippen LogP contribution in [0.5, 0.6) is 0 Å². The standard InChI is InChI=1S/C17H23ClN2O3/c1-12-5-6-14(10-16(12)18)20(13(2)21)8-7-17(22)19-11-15-4-3-9-23-15/h5-6,10,15H,3-4,7-9,11H2,1-2H3,(H,19,22). The predicted octanol–water partition coefficient (Wildman–Crippen LogP) is 2.69. The van der Waals surface area contributed by atoms with Crippen LogP contribution in [0.25, 0.3) is 0 Å². The minimum atomic E-state index is -0.114. The molecule has 126 valence electrons. The lowest BCUT2D eigenvalue weighted by Crippen LogP contribution is -2.36. The molecule has 1 unspecified atom stereocenters. The summed E-state index contributed by atoms with van der Waals surface area (Å²) in [7, 11) is 0. The molecule has 1 aliphatic heterocycles. The van der Waals surface area contributed by atoms with Crippen molar-refractivity contribution in [3.63, 3.8) is 0 Å².